The molecule has 1 fully saturated rings. The van der Waals surface area contributed by atoms with Gasteiger partial charge in [-0.2, -0.15) is 5.10 Å². The van der Waals surface area contributed by atoms with Crippen molar-refractivity contribution in [3.63, 3.8) is 0 Å². The van der Waals surface area contributed by atoms with Crippen molar-refractivity contribution in [2.45, 2.75) is 18.6 Å². The Hall–Kier alpha value is -2.42. The van der Waals surface area contributed by atoms with Crippen LogP contribution in [0.1, 0.15) is 18.9 Å². The van der Waals surface area contributed by atoms with Crippen molar-refractivity contribution in [3.05, 3.63) is 63.9 Å². The molecular weight excluding hydrogens is 438 g/mol. The Morgan fingerprint density at radius 1 is 1.14 bits per heavy atom. The molecule has 3 rings (SSSR count). The fraction of sp³-hybridized carbons (Fsp3) is 0.158. The van der Waals surface area contributed by atoms with E-state index in [4.69, 9.17) is 28.9 Å². The number of amides is 2. The molecular formula is C19H15Cl2FN4O2S. The number of benzene rings is 2. The standard InChI is InChI=1S/C19H15Cl2FN4O2S/c1-10(11-2-4-12(22)5-3-11)24-25-19(23)29-16-9-17(27)26(18(16)28)13-6-7-14(20)15(21)8-13/h2-8,16H,9H2,1H3,(H2,23,25)/b24-10+. The zero-order valence-electron chi connectivity index (χ0n) is 15.1. The number of nitrogens with zero attached hydrogens (tertiary/aromatic N) is 3. The SMILES string of the molecule is C/C(=N\N=C(N)SC1CC(=O)N(c2ccc(Cl)c(Cl)c2)C1=O)c1ccc(F)cc1. The number of rotatable bonds is 4. The van der Waals surface area contributed by atoms with E-state index in [0.717, 1.165) is 16.7 Å². The van der Waals surface area contributed by atoms with Crippen molar-refractivity contribution in [1.29, 1.82) is 0 Å². The molecule has 0 bridgehead atoms. The number of carbonyl (C=O) groups excluding carboxylic acids is 2. The molecule has 2 aromatic rings. The Bertz CT molecular complexity index is 1030. The quantitative estimate of drug-likeness (QED) is 0.325. The van der Waals surface area contributed by atoms with Crippen LogP contribution in [0, 0.1) is 5.82 Å². The summed E-state index contributed by atoms with van der Waals surface area (Å²) in [6.45, 7) is 1.70. The van der Waals surface area contributed by atoms with Gasteiger partial charge in [0.25, 0.3) is 0 Å². The first kappa shape index (κ1) is 21.3. The number of thioether (sulfide) groups is 1. The lowest BCUT2D eigenvalue weighted by Gasteiger charge is -2.15. The van der Waals surface area contributed by atoms with Gasteiger partial charge in [-0.1, -0.05) is 47.1 Å². The van der Waals surface area contributed by atoms with Crippen LogP contribution in [0.25, 0.3) is 0 Å². The molecule has 29 heavy (non-hydrogen) atoms. The number of amidine groups is 1. The number of hydrogen-bond acceptors (Lipinski definition) is 5. The van der Waals surface area contributed by atoms with Crippen LogP contribution in [0.15, 0.2) is 52.7 Å². The van der Waals surface area contributed by atoms with Crippen LogP contribution in [0.3, 0.4) is 0 Å². The zero-order chi connectivity index (χ0) is 21.1. The van der Waals surface area contributed by atoms with Crippen molar-refractivity contribution in [2.75, 3.05) is 4.90 Å². The maximum absolute atomic E-state index is 13.0. The van der Waals surface area contributed by atoms with Gasteiger partial charge in [-0.3, -0.25) is 9.59 Å². The highest BCUT2D eigenvalue weighted by Gasteiger charge is 2.40. The molecule has 6 nitrogen and oxygen atoms in total. The van der Waals surface area contributed by atoms with Crippen LogP contribution in [-0.2, 0) is 9.59 Å². The largest absolute Gasteiger partial charge is 0.377 e. The van der Waals surface area contributed by atoms with Gasteiger partial charge in [0.2, 0.25) is 11.8 Å². The molecule has 0 aromatic heterocycles. The first-order valence-corrected chi connectivity index (χ1v) is 10.0. The minimum absolute atomic E-state index is 0.0272. The van der Waals surface area contributed by atoms with Crippen LogP contribution in [0.4, 0.5) is 10.1 Å². The molecule has 2 aromatic carbocycles. The highest BCUT2D eigenvalue weighted by molar-refractivity contribution is 8.14. The van der Waals surface area contributed by atoms with Crippen molar-refractivity contribution < 1.29 is 14.0 Å². The topological polar surface area (TPSA) is 88.1 Å². The van der Waals surface area contributed by atoms with Gasteiger partial charge in [0.1, 0.15) is 11.1 Å². The Kier molecular flexibility index (Phi) is 6.56. The zero-order valence-corrected chi connectivity index (χ0v) is 17.4. The van der Waals surface area contributed by atoms with E-state index >= 15 is 0 Å². The summed E-state index contributed by atoms with van der Waals surface area (Å²) in [6, 6.07) is 10.3. The Morgan fingerprint density at radius 2 is 1.83 bits per heavy atom. The van der Waals surface area contributed by atoms with Gasteiger partial charge in [-0.15, -0.1) is 5.10 Å². The third kappa shape index (κ3) is 4.95. The summed E-state index contributed by atoms with van der Waals surface area (Å²) in [7, 11) is 0. The maximum Gasteiger partial charge on any atom is 0.247 e. The van der Waals surface area contributed by atoms with Gasteiger partial charge in [0, 0.05) is 6.42 Å². The van der Waals surface area contributed by atoms with Gasteiger partial charge < -0.3 is 5.73 Å². The van der Waals surface area contributed by atoms with E-state index in [-0.39, 0.29) is 28.3 Å². The summed E-state index contributed by atoms with van der Waals surface area (Å²) < 4.78 is 13.0. The fourth-order valence-corrected chi connectivity index (χ4v) is 3.74. The summed E-state index contributed by atoms with van der Waals surface area (Å²) in [5.74, 6) is -1.14. The summed E-state index contributed by atoms with van der Waals surface area (Å²) in [5, 5.41) is 7.79. The second-order valence-corrected chi connectivity index (χ2v) is 8.14. The monoisotopic (exact) mass is 452 g/mol. The molecule has 2 amide bonds. The van der Waals surface area contributed by atoms with Gasteiger partial charge in [-0.05, 0) is 42.8 Å². The Labute approximate surface area is 180 Å². The summed E-state index contributed by atoms with van der Waals surface area (Å²) in [4.78, 5) is 26.1. The molecule has 0 radical (unpaired) electrons. The average molecular weight is 453 g/mol. The first-order valence-electron chi connectivity index (χ1n) is 8.38. The summed E-state index contributed by atoms with van der Waals surface area (Å²) in [6.07, 6.45) is -0.0272. The molecule has 1 saturated heterocycles. The molecule has 1 aliphatic rings. The van der Waals surface area contributed by atoms with Crippen molar-refractivity contribution in [3.8, 4) is 0 Å². The maximum atomic E-state index is 13.0. The van der Waals surface area contributed by atoms with Crippen molar-refractivity contribution >= 4 is 63.3 Å². The lowest BCUT2D eigenvalue weighted by atomic mass is 10.1. The lowest BCUT2D eigenvalue weighted by molar-refractivity contribution is -0.121. The molecule has 0 saturated carbocycles. The number of hydrogen-bond donors (Lipinski definition) is 1. The number of carbonyl (C=O) groups is 2. The van der Waals surface area contributed by atoms with E-state index in [2.05, 4.69) is 10.2 Å². The normalized spacial score (nSPS) is 17.9. The van der Waals surface area contributed by atoms with E-state index in [1.807, 2.05) is 0 Å². The fourth-order valence-electron chi connectivity index (χ4n) is 2.63. The average Bonchev–Trinajstić information content (AvgIpc) is 2.96. The van der Waals surface area contributed by atoms with E-state index in [1.54, 1.807) is 25.1 Å². The van der Waals surface area contributed by atoms with Gasteiger partial charge >= 0.3 is 0 Å². The highest BCUT2D eigenvalue weighted by Crippen LogP contribution is 2.33. The minimum atomic E-state index is -0.720. The predicted molar refractivity (Wildman–Crippen MR) is 115 cm³/mol. The second kappa shape index (κ2) is 8.94. The van der Waals surface area contributed by atoms with Crippen LogP contribution in [0.5, 0.6) is 0 Å². The van der Waals surface area contributed by atoms with Gasteiger partial charge in [0.15, 0.2) is 5.17 Å². The smallest absolute Gasteiger partial charge is 0.247 e. The third-order valence-corrected chi connectivity index (χ3v) is 5.81. The Morgan fingerprint density at radius 3 is 2.48 bits per heavy atom. The predicted octanol–water partition coefficient (Wildman–Crippen LogP) is 4.24. The van der Waals surface area contributed by atoms with Gasteiger partial charge in [-0.25, -0.2) is 9.29 Å². The van der Waals surface area contributed by atoms with Crippen LogP contribution in [0.2, 0.25) is 10.0 Å². The third-order valence-electron chi connectivity index (χ3n) is 4.09. The van der Waals surface area contributed by atoms with E-state index in [1.165, 1.54) is 24.3 Å². The molecule has 1 unspecified atom stereocenters. The summed E-state index contributed by atoms with van der Waals surface area (Å²) in [5.41, 5.74) is 7.42. The van der Waals surface area contributed by atoms with E-state index in [9.17, 15) is 14.0 Å². The molecule has 1 atom stereocenters. The molecule has 0 aliphatic carbocycles. The van der Waals surface area contributed by atoms with Crippen LogP contribution >= 0.6 is 35.0 Å². The van der Waals surface area contributed by atoms with Gasteiger partial charge in [0.05, 0.1) is 21.4 Å². The lowest BCUT2D eigenvalue weighted by Crippen LogP contribution is -2.31. The Balaban J connectivity index is 1.71. The minimum Gasteiger partial charge on any atom is -0.377 e. The molecule has 2 N–H and O–H groups in total. The van der Waals surface area contributed by atoms with E-state index in [0.29, 0.717) is 22.0 Å². The van der Waals surface area contributed by atoms with Crippen LogP contribution in [-0.4, -0.2) is 27.9 Å². The number of halogens is 3. The molecule has 1 aliphatic heterocycles. The van der Waals surface area contributed by atoms with Crippen molar-refractivity contribution in [2.24, 2.45) is 15.9 Å². The van der Waals surface area contributed by atoms with Crippen molar-refractivity contribution in [1.82, 2.24) is 0 Å². The van der Waals surface area contributed by atoms with E-state index < -0.39 is 11.2 Å². The highest BCUT2D eigenvalue weighted by atomic mass is 35.5. The number of imide groups is 1. The molecule has 150 valence electrons. The van der Waals surface area contributed by atoms with Crippen LogP contribution < -0.4 is 10.6 Å². The number of anilines is 1. The molecule has 1 heterocycles. The number of nitrogens with two attached hydrogens (primary N) is 1. The molecule has 10 heteroatoms. The summed E-state index contributed by atoms with van der Waals surface area (Å²) >= 11 is 12.8. The second-order valence-electron chi connectivity index (χ2n) is 6.11. The molecule has 0 spiro atoms. The first-order chi connectivity index (χ1) is 13.8.